The summed E-state index contributed by atoms with van der Waals surface area (Å²) in [6.07, 6.45) is 1.76. The second-order valence-electron chi connectivity index (χ2n) is 4.15. The number of rotatable bonds is 4. The van der Waals surface area contributed by atoms with Gasteiger partial charge in [0.05, 0.1) is 18.2 Å². The highest BCUT2D eigenvalue weighted by Crippen LogP contribution is 2.29. The van der Waals surface area contributed by atoms with Gasteiger partial charge in [-0.1, -0.05) is 29.3 Å². The van der Waals surface area contributed by atoms with Crippen LogP contribution in [-0.4, -0.2) is 24.4 Å². The minimum atomic E-state index is -0.525. The number of anilines is 1. The summed E-state index contributed by atoms with van der Waals surface area (Å²) in [6.45, 7) is 4.02. The zero-order valence-electron chi connectivity index (χ0n) is 10.0. The summed E-state index contributed by atoms with van der Waals surface area (Å²) in [5, 5.41) is 3.70. The second-order valence-corrected chi connectivity index (χ2v) is 5.02. The summed E-state index contributed by atoms with van der Waals surface area (Å²) in [6, 6.07) is 4.10. The topological polar surface area (TPSA) is 49.4 Å². The van der Waals surface area contributed by atoms with Crippen LogP contribution in [0.5, 0.6) is 0 Å². The maximum absolute atomic E-state index is 12.2. The van der Waals surface area contributed by atoms with Crippen molar-refractivity contribution in [2.45, 2.75) is 12.5 Å². The molecule has 0 radical (unpaired) electrons. The van der Waals surface area contributed by atoms with Crippen molar-refractivity contribution in [3.05, 3.63) is 40.9 Å². The van der Waals surface area contributed by atoms with Gasteiger partial charge in [0.1, 0.15) is 0 Å². The highest BCUT2D eigenvalue weighted by molar-refractivity contribution is 6.35. The van der Waals surface area contributed by atoms with E-state index in [0.717, 1.165) is 4.90 Å². The van der Waals surface area contributed by atoms with Crippen molar-refractivity contribution in [2.24, 2.45) is 0 Å². The van der Waals surface area contributed by atoms with Gasteiger partial charge in [0.2, 0.25) is 5.91 Å². The zero-order valence-corrected chi connectivity index (χ0v) is 11.5. The first-order chi connectivity index (χ1) is 9.02. The molecule has 1 aliphatic rings. The van der Waals surface area contributed by atoms with Gasteiger partial charge in [-0.3, -0.25) is 9.59 Å². The van der Waals surface area contributed by atoms with Crippen LogP contribution < -0.4 is 10.2 Å². The van der Waals surface area contributed by atoms with Crippen LogP contribution in [0.1, 0.15) is 6.42 Å². The molecule has 1 aromatic carbocycles. The Morgan fingerprint density at radius 3 is 2.53 bits per heavy atom. The number of nitrogens with one attached hydrogen (secondary N) is 1. The van der Waals surface area contributed by atoms with Gasteiger partial charge in [0.25, 0.3) is 5.91 Å². The SMILES string of the molecule is C=CCNC1CC(=O)N(c2cc(Cl)cc(Cl)c2)C1=O. The van der Waals surface area contributed by atoms with E-state index in [-0.39, 0.29) is 18.2 Å². The van der Waals surface area contributed by atoms with E-state index in [4.69, 9.17) is 23.2 Å². The number of hydrogen-bond acceptors (Lipinski definition) is 3. The molecule has 1 unspecified atom stereocenters. The molecule has 1 fully saturated rings. The number of carbonyl (C=O) groups is 2. The number of imide groups is 1. The van der Waals surface area contributed by atoms with Gasteiger partial charge in [-0.25, -0.2) is 4.90 Å². The number of benzene rings is 1. The fraction of sp³-hybridized carbons (Fsp3) is 0.231. The van der Waals surface area contributed by atoms with Gasteiger partial charge in [0, 0.05) is 16.6 Å². The average molecular weight is 299 g/mol. The molecule has 1 aromatic rings. The maximum Gasteiger partial charge on any atom is 0.251 e. The summed E-state index contributed by atoms with van der Waals surface area (Å²) in [4.78, 5) is 25.2. The monoisotopic (exact) mass is 298 g/mol. The van der Waals surface area contributed by atoms with E-state index in [2.05, 4.69) is 11.9 Å². The molecule has 1 saturated heterocycles. The molecule has 1 aliphatic heterocycles. The van der Waals surface area contributed by atoms with Gasteiger partial charge < -0.3 is 5.32 Å². The third-order valence-corrected chi connectivity index (χ3v) is 3.20. The molecule has 0 aliphatic carbocycles. The largest absolute Gasteiger partial charge is 0.302 e. The van der Waals surface area contributed by atoms with Gasteiger partial charge in [-0.05, 0) is 18.2 Å². The van der Waals surface area contributed by atoms with Crippen molar-refractivity contribution >= 4 is 40.7 Å². The Morgan fingerprint density at radius 1 is 1.32 bits per heavy atom. The van der Waals surface area contributed by atoms with E-state index in [1.165, 1.54) is 0 Å². The summed E-state index contributed by atoms with van der Waals surface area (Å²) in [5.41, 5.74) is 0.399. The molecule has 4 nitrogen and oxygen atoms in total. The molecule has 0 spiro atoms. The van der Waals surface area contributed by atoms with E-state index < -0.39 is 6.04 Å². The molecule has 2 amide bonds. The third kappa shape index (κ3) is 2.97. The Kier molecular flexibility index (Phi) is 4.24. The summed E-state index contributed by atoms with van der Waals surface area (Å²) in [5.74, 6) is -0.574. The van der Waals surface area contributed by atoms with Crippen molar-refractivity contribution in [1.82, 2.24) is 5.32 Å². The van der Waals surface area contributed by atoms with Crippen LogP contribution in [0.15, 0.2) is 30.9 Å². The minimum Gasteiger partial charge on any atom is -0.302 e. The van der Waals surface area contributed by atoms with Crippen molar-refractivity contribution in [3.63, 3.8) is 0 Å². The molecule has 1 heterocycles. The van der Waals surface area contributed by atoms with Crippen molar-refractivity contribution in [3.8, 4) is 0 Å². The van der Waals surface area contributed by atoms with Crippen LogP contribution in [0, 0.1) is 0 Å². The third-order valence-electron chi connectivity index (χ3n) is 2.76. The smallest absolute Gasteiger partial charge is 0.251 e. The lowest BCUT2D eigenvalue weighted by Crippen LogP contribution is -2.38. The van der Waals surface area contributed by atoms with Crippen LogP contribution in [-0.2, 0) is 9.59 Å². The quantitative estimate of drug-likeness (QED) is 0.686. The first-order valence-corrected chi connectivity index (χ1v) is 6.45. The van der Waals surface area contributed by atoms with Gasteiger partial charge in [0.15, 0.2) is 0 Å². The molecular weight excluding hydrogens is 287 g/mol. The lowest BCUT2D eigenvalue weighted by atomic mass is 10.2. The Morgan fingerprint density at radius 2 is 1.95 bits per heavy atom. The molecule has 0 aromatic heterocycles. The molecule has 2 rings (SSSR count). The predicted molar refractivity (Wildman–Crippen MR) is 75.6 cm³/mol. The Hall–Kier alpha value is -1.36. The van der Waals surface area contributed by atoms with Crippen LogP contribution in [0.3, 0.4) is 0 Å². The minimum absolute atomic E-state index is 0.122. The zero-order chi connectivity index (χ0) is 14.0. The summed E-state index contributed by atoms with van der Waals surface area (Å²) in [7, 11) is 0. The second kappa shape index (κ2) is 5.74. The molecule has 1 N–H and O–H groups in total. The van der Waals surface area contributed by atoms with Gasteiger partial charge in [-0.2, -0.15) is 0 Å². The van der Waals surface area contributed by atoms with E-state index in [1.807, 2.05) is 0 Å². The number of nitrogens with zero attached hydrogens (tertiary/aromatic N) is 1. The van der Waals surface area contributed by atoms with E-state index in [0.29, 0.717) is 22.3 Å². The van der Waals surface area contributed by atoms with E-state index in [9.17, 15) is 9.59 Å². The van der Waals surface area contributed by atoms with Crippen molar-refractivity contribution < 1.29 is 9.59 Å². The fourth-order valence-electron chi connectivity index (χ4n) is 1.96. The Balaban J connectivity index is 2.27. The number of amides is 2. The average Bonchev–Trinajstić information content (AvgIpc) is 2.60. The Labute approximate surface area is 121 Å². The molecule has 0 saturated carbocycles. The molecule has 0 bridgehead atoms. The van der Waals surface area contributed by atoms with Crippen molar-refractivity contribution in [1.29, 1.82) is 0 Å². The fourth-order valence-corrected chi connectivity index (χ4v) is 2.47. The molecule has 100 valence electrons. The first-order valence-electron chi connectivity index (χ1n) is 5.70. The molecule has 6 heteroatoms. The number of hydrogen-bond donors (Lipinski definition) is 1. The highest BCUT2D eigenvalue weighted by Gasteiger charge is 2.39. The van der Waals surface area contributed by atoms with Crippen LogP contribution in [0.2, 0.25) is 10.0 Å². The van der Waals surface area contributed by atoms with Crippen LogP contribution >= 0.6 is 23.2 Å². The number of carbonyl (C=O) groups excluding carboxylic acids is 2. The van der Waals surface area contributed by atoms with Crippen molar-refractivity contribution in [2.75, 3.05) is 11.4 Å². The first kappa shape index (κ1) is 14.1. The summed E-state index contributed by atoms with van der Waals surface area (Å²) >= 11 is 11.8. The maximum atomic E-state index is 12.2. The summed E-state index contributed by atoms with van der Waals surface area (Å²) < 4.78 is 0. The molecular formula is C13H12Cl2N2O2. The van der Waals surface area contributed by atoms with Crippen LogP contribution in [0.25, 0.3) is 0 Å². The van der Waals surface area contributed by atoms with E-state index >= 15 is 0 Å². The molecule has 1 atom stereocenters. The van der Waals surface area contributed by atoms with E-state index in [1.54, 1.807) is 24.3 Å². The predicted octanol–water partition coefficient (Wildman–Crippen LogP) is 2.40. The van der Waals surface area contributed by atoms with Gasteiger partial charge >= 0.3 is 0 Å². The molecule has 19 heavy (non-hydrogen) atoms. The number of halogens is 2. The lowest BCUT2D eigenvalue weighted by molar-refractivity contribution is -0.121. The standard InChI is InChI=1S/C13H12Cl2N2O2/c1-2-3-16-11-7-12(18)17(13(11)19)10-5-8(14)4-9(15)6-10/h2,4-6,11,16H,1,3,7H2. The van der Waals surface area contributed by atoms with Crippen LogP contribution in [0.4, 0.5) is 5.69 Å². The highest BCUT2D eigenvalue weighted by atomic mass is 35.5. The van der Waals surface area contributed by atoms with Gasteiger partial charge in [-0.15, -0.1) is 6.58 Å². The lowest BCUT2D eigenvalue weighted by Gasteiger charge is -2.15. The Bertz CT molecular complexity index is 525. The normalized spacial score (nSPS) is 19.1.